The van der Waals surface area contributed by atoms with E-state index in [2.05, 4.69) is 10.3 Å². The first-order valence-corrected chi connectivity index (χ1v) is 7.88. The lowest BCUT2D eigenvalue weighted by atomic mass is 10.2. The molecule has 1 heterocycles. The number of benzene rings is 2. The summed E-state index contributed by atoms with van der Waals surface area (Å²) >= 11 is 5.93. The molecule has 1 N–H and O–H groups in total. The number of carbonyl (C=O) groups excluding carboxylic acids is 1. The van der Waals surface area contributed by atoms with Crippen LogP contribution in [0.3, 0.4) is 0 Å². The number of para-hydroxylation sites is 2. The molecule has 0 bridgehead atoms. The minimum Gasteiger partial charge on any atom is -0.493 e. The number of methoxy groups -OCH3 is 1. The summed E-state index contributed by atoms with van der Waals surface area (Å²) in [4.78, 5) is 16.1. The Morgan fingerprint density at radius 2 is 1.72 bits per heavy atom. The Hall–Kier alpha value is -3.05. The van der Waals surface area contributed by atoms with Crippen molar-refractivity contribution < 1.29 is 14.3 Å². The van der Waals surface area contributed by atoms with Crippen LogP contribution in [0.1, 0.15) is 10.4 Å². The van der Waals surface area contributed by atoms with Gasteiger partial charge in [-0.05, 0) is 48.5 Å². The molecule has 0 atom stereocenters. The lowest BCUT2D eigenvalue weighted by Gasteiger charge is -2.11. The van der Waals surface area contributed by atoms with Crippen LogP contribution in [0.4, 0.5) is 5.69 Å². The van der Waals surface area contributed by atoms with E-state index in [-0.39, 0.29) is 11.1 Å². The smallest absolute Gasteiger partial charge is 0.258 e. The molecule has 2 aromatic carbocycles. The minimum absolute atomic E-state index is 0.163. The molecule has 0 unspecified atom stereocenters. The third-order valence-electron chi connectivity index (χ3n) is 3.41. The summed E-state index contributed by atoms with van der Waals surface area (Å²) in [6.07, 6.45) is 1.53. The summed E-state index contributed by atoms with van der Waals surface area (Å²) in [5, 5.41) is 2.93. The van der Waals surface area contributed by atoms with Crippen LogP contribution in [0.25, 0.3) is 0 Å². The number of nitrogens with zero attached hydrogens (tertiary/aromatic N) is 1. The normalized spacial score (nSPS) is 10.2. The molecule has 0 aliphatic heterocycles. The second-order valence-electron chi connectivity index (χ2n) is 5.07. The van der Waals surface area contributed by atoms with E-state index >= 15 is 0 Å². The van der Waals surface area contributed by atoms with Crippen LogP contribution < -0.4 is 14.8 Å². The third-order valence-corrected chi connectivity index (χ3v) is 3.71. The Morgan fingerprint density at radius 1 is 1.00 bits per heavy atom. The first-order chi connectivity index (χ1) is 12.2. The molecule has 5 nitrogen and oxygen atoms in total. The first-order valence-electron chi connectivity index (χ1n) is 7.50. The molecule has 0 aliphatic rings. The molecule has 1 amide bonds. The number of hydrogen-bond donors (Lipinski definition) is 1. The van der Waals surface area contributed by atoms with Crippen LogP contribution in [0.15, 0.2) is 66.9 Å². The number of amides is 1. The molecule has 3 rings (SSSR count). The topological polar surface area (TPSA) is 60.5 Å². The van der Waals surface area contributed by atoms with Gasteiger partial charge < -0.3 is 14.8 Å². The number of carbonyl (C=O) groups is 1. The second-order valence-corrected chi connectivity index (χ2v) is 5.43. The van der Waals surface area contributed by atoms with Gasteiger partial charge in [-0.1, -0.05) is 23.7 Å². The van der Waals surface area contributed by atoms with E-state index in [0.29, 0.717) is 28.5 Å². The zero-order chi connectivity index (χ0) is 17.6. The molecule has 0 fully saturated rings. The third kappa shape index (κ3) is 4.08. The molecule has 0 saturated heterocycles. The highest BCUT2D eigenvalue weighted by atomic mass is 35.5. The van der Waals surface area contributed by atoms with Crippen molar-refractivity contribution in [3.8, 4) is 17.2 Å². The summed E-state index contributed by atoms with van der Waals surface area (Å²) < 4.78 is 11.0. The summed E-state index contributed by atoms with van der Waals surface area (Å²) in [5.74, 6) is 1.56. The van der Waals surface area contributed by atoms with E-state index in [1.54, 1.807) is 43.5 Å². The molecule has 3 aromatic rings. The van der Waals surface area contributed by atoms with Crippen molar-refractivity contribution in [2.24, 2.45) is 0 Å². The van der Waals surface area contributed by atoms with Gasteiger partial charge in [0.05, 0.1) is 12.7 Å². The quantitative estimate of drug-likeness (QED) is 0.669. The molecule has 6 heteroatoms. The van der Waals surface area contributed by atoms with Gasteiger partial charge in [0.15, 0.2) is 11.5 Å². The van der Waals surface area contributed by atoms with Crippen LogP contribution in [0.5, 0.6) is 17.2 Å². The monoisotopic (exact) mass is 354 g/mol. The fraction of sp³-hybridized carbons (Fsp3) is 0.0526. The van der Waals surface area contributed by atoms with Crippen LogP contribution >= 0.6 is 11.6 Å². The fourth-order valence-corrected chi connectivity index (χ4v) is 2.40. The number of aromatic nitrogens is 1. The Balaban J connectivity index is 1.70. The molecule has 25 heavy (non-hydrogen) atoms. The summed E-state index contributed by atoms with van der Waals surface area (Å²) in [5.41, 5.74) is 0.941. The van der Waals surface area contributed by atoms with Crippen molar-refractivity contribution in [1.82, 2.24) is 4.98 Å². The maximum atomic E-state index is 12.2. The van der Waals surface area contributed by atoms with E-state index in [0.717, 1.165) is 0 Å². The second kappa shape index (κ2) is 7.68. The van der Waals surface area contributed by atoms with Gasteiger partial charge in [-0.15, -0.1) is 0 Å². The van der Waals surface area contributed by atoms with Gasteiger partial charge in [0.25, 0.3) is 5.91 Å². The van der Waals surface area contributed by atoms with Gasteiger partial charge in [0.1, 0.15) is 10.9 Å². The molecule has 0 saturated carbocycles. The largest absolute Gasteiger partial charge is 0.493 e. The maximum Gasteiger partial charge on any atom is 0.258 e. The van der Waals surface area contributed by atoms with Crippen molar-refractivity contribution in [3.05, 3.63) is 77.6 Å². The average Bonchev–Trinajstić information content (AvgIpc) is 2.64. The molecule has 0 spiro atoms. The Labute approximate surface area is 150 Å². The van der Waals surface area contributed by atoms with Crippen LogP contribution in [-0.2, 0) is 0 Å². The average molecular weight is 355 g/mol. The van der Waals surface area contributed by atoms with Gasteiger partial charge in [0.2, 0.25) is 0 Å². The van der Waals surface area contributed by atoms with Crippen LogP contribution in [-0.4, -0.2) is 18.0 Å². The molecule has 0 aliphatic carbocycles. The van der Waals surface area contributed by atoms with Gasteiger partial charge in [-0.25, -0.2) is 4.98 Å². The highest BCUT2D eigenvalue weighted by molar-refractivity contribution is 6.33. The number of anilines is 1. The highest BCUT2D eigenvalue weighted by Crippen LogP contribution is 2.31. The fourth-order valence-electron chi connectivity index (χ4n) is 2.19. The van der Waals surface area contributed by atoms with E-state index in [4.69, 9.17) is 21.1 Å². The van der Waals surface area contributed by atoms with Gasteiger partial charge >= 0.3 is 0 Å². The zero-order valence-corrected chi connectivity index (χ0v) is 14.2. The predicted molar refractivity (Wildman–Crippen MR) is 96.7 cm³/mol. The molecular weight excluding hydrogens is 340 g/mol. The van der Waals surface area contributed by atoms with Crippen molar-refractivity contribution in [1.29, 1.82) is 0 Å². The van der Waals surface area contributed by atoms with Crippen LogP contribution in [0, 0.1) is 0 Å². The van der Waals surface area contributed by atoms with Crippen molar-refractivity contribution in [2.45, 2.75) is 0 Å². The number of pyridine rings is 1. The number of rotatable bonds is 5. The molecular formula is C19H15ClN2O3. The van der Waals surface area contributed by atoms with Crippen LogP contribution in [0.2, 0.25) is 5.15 Å². The molecule has 1 aromatic heterocycles. The van der Waals surface area contributed by atoms with E-state index in [1.807, 2.05) is 24.3 Å². The molecule has 0 radical (unpaired) electrons. The predicted octanol–water partition coefficient (Wildman–Crippen LogP) is 4.79. The number of halogens is 1. The van der Waals surface area contributed by atoms with Gasteiger partial charge in [-0.3, -0.25) is 4.79 Å². The van der Waals surface area contributed by atoms with Gasteiger partial charge in [-0.2, -0.15) is 0 Å². The standard InChI is InChI=1S/C19H15ClN2O3/c1-24-16-6-2-3-7-17(16)25-14-10-8-13(9-11-14)22-19(23)15-5-4-12-21-18(15)20/h2-12H,1H3,(H,22,23). The number of hydrogen-bond acceptors (Lipinski definition) is 4. The van der Waals surface area contributed by atoms with Crippen molar-refractivity contribution in [3.63, 3.8) is 0 Å². The highest BCUT2D eigenvalue weighted by Gasteiger charge is 2.11. The van der Waals surface area contributed by atoms with E-state index in [9.17, 15) is 4.79 Å². The Kier molecular flexibility index (Phi) is 5.16. The first kappa shape index (κ1) is 16.8. The molecule has 126 valence electrons. The summed E-state index contributed by atoms with van der Waals surface area (Å²) in [7, 11) is 1.59. The van der Waals surface area contributed by atoms with E-state index < -0.39 is 0 Å². The Morgan fingerprint density at radius 3 is 2.40 bits per heavy atom. The lowest BCUT2D eigenvalue weighted by Crippen LogP contribution is -2.12. The van der Waals surface area contributed by atoms with Crippen molar-refractivity contribution >= 4 is 23.2 Å². The minimum atomic E-state index is -0.323. The maximum absolute atomic E-state index is 12.2. The van der Waals surface area contributed by atoms with Crippen molar-refractivity contribution in [2.75, 3.05) is 12.4 Å². The lowest BCUT2D eigenvalue weighted by molar-refractivity contribution is 0.102. The van der Waals surface area contributed by atoms with Gasteiger partial charge in [0, 0.05) is 11.9 Å². The summed E-state index contributed by atoms with van der Waals surface area (Å²) in [6, 6.07) is 17.6. The Bertz CT molecular complexity index is 882. The summed E-state index contributed by atoms with van der Waals surface area (Å²) in [6.45, 7) is 0. The SMILES string of the molecule is COc1ccccc1Oc1ccc(NC(=O)c2cccnc2Cl)cc1. The van der Waals surface area contributed by atoms with E-state index in [1.165, 1.54) is 6.20 Å². The number of ether oxygens (including phenoxy) is 2. The number of nitrogens with one attached hydrogen (secondary N) is 1. The zero-order valence-electron chi connectivity index (χ0n) is 13.4.